The van der Waals surface area contributed by atoms with Crippen molar-refractivity contribution in [2.75, 3.05) is 32.8 Å². The maximum atomic E-state index is 12.1. The van der Waals surface area contributed by atoms with Crippen molar-refractivity contribution in [2.24, 2.45) is 5.41 Å². The number of ether oxygens (including phenoxy) is 1. The SMILES string of the molecule is CCC1(C(=O)O)CCN(C(=O)COC2CCNCC2)C1. The van der Waals surface area contributed by atoms with Gasteiger partial charge in [-0.05, 0) is 38.8 Å². The van der Waals surface area contributed by atoms with Crippen molar-refractivity contribution in [2.45, 2.75) is 38.7 Å². The number of piperidine rings is 1. The van der Waals surface area contributed by atoms with Gasteiger partial charge < -0.3 is 20.1 Å². The lowest BCUT2D eigenvalue weighted by atomic mass is 9.84. The van der Waals surface area contributed by atoms with Crippen molar-refractivity contribution >= 4 is 11.9 Å². The summed E-state index contributed by atoms with van der Waals surface area (Å²) in [5, 5.41) is 12.6. The van der Waals surface area contributed by atoms with E-state index in [1.165, 1.54) is 0 Å². The molecule has 2 aliphatic heterocycles. The van der Waals surface area contributed by atoms with Gasteiger partial charge in [-0.3, -0.25) is 9.59 Å². The Morgan fingerprint density at radius 1 is 1.40 bits per heavy atom. The van der Waals surface area contributed by atoms with Crippen molar-refractivity contribution in [3.05, 3.63) is 0 Å². The van der Waals surface area contributed by atoms with Crippen LogP contribution in [0.1, 0.15) is 32.6 Å². The van der Waals surface area contributed by atoms with Gasteiger partial charge in [0.15, 0.2) is 0 Å². The number of nitrogens with one attached hydrogen (secondary N) is 1. The summed E-state index contributed by atoms with van der Waals surface area (Å²) in [6.07, 6.45) is 3.11. The summed E-state index contributed by atoms with van der Waals surface area (Å²) in [6, 6.07) is 0. The van der Waals surface area contributed by atoms with E-state index in [1.54, 1.807) is 4.90 Å². The highest BCUT2D eigenvalue weighted by atomic mass is 16.5. The summed E-state index contributed by atoms with van der Waals surface area (Å²) < 4.78 is 5.64. The zero-order valence-corrected chi connectivity index (χ0v) is 12.1. The van der Waals surface area contributed by atoms with Gasteiger partial charge in [-0.1, -0.05) is 6.92 Å². The molecule has 0 aromatic heterocycles. The molecule has 6 heteroatoms. The summed E-state index contributed by atoms with van der Waals surface area (Å²) in [7, 11) is 0. The highest BCUT2D eigenvalue weighted by Crippen LogP contribution is 2.34. The number of likely N-dealkylation sites (tertiary alicyclic amines) is 1. The van der Waals surface area contributed by atoms with E-state index in [9.17, 15) is 14.7 Å². The van der Waals surface area contributed by atoms with E-state index in [1.807, 2.05) is 6.92 Å². The standard InChI is InChI=1S/C14H24N2O4/c1-2-14(13(18)19)5-8-16(10-14)12(17)9-20-11-3-6-15-7-4-11/h11,15H,2-10H2,1H3,(H,18,19). The molecule has 0 aromatic rings. The zero-order valence-electron chi connectivity index (χ0n) is 12.1. The van der Waals surface area contributed by atoms with E-state index in [2.05, 4.69) is 5.32 Å². The Morgan fingerprint density at radius 3 is 2.65 bits per heavy atom. The summed E-state index contributed by atoms with van der Waals surface area (Å²) in [4.78, 5) is 25.1. The fourth-order valence-electron chi connectivity index (χ4n) is 2.94. The minimum absolute atomic E-state index is 0.0735. The Morgan fingerprint density at radius 2 is 2.10 bits per heavy atom. The van der Waals surface area contributed by atoms with Crippen molar-refractivity contribution in [1.29, 1.82) is 0 Å². The van der Waals surface area contributed by atoms with Crippen LogP contribution in [-0.2, 0) is 14.3 Å². The fraction of sp³-hybridized carbons (Fsp3) is 0.857. The van der Waals surface area contributed by atoms with Crippen LogP contribution in [-0.4, -0.2) is 60.8 Å². The maximum Gasteiger partial charge on any atom is 0.311 e. The average molecular weight is 284 g/mol. The average Bonchev–Trinajstić information content (AvgIpc) is 2.92. The number of hydrogen-bond acceptors (Lipinski definition) is 4. The van der Waals surface area contributed by atoms with Crippen LogP contribution in [0.15, 0.2) is 0 Å². The van der Waals surface area contributed by atoms with Crippen LogP contribution in [0, 0.1) is 5.41 Å². The molecule has 0 radical (unpaired) electrons. The first-order valence-electron chi connectivity index (χ1n) is 7.41. The molecule has 114 valence electrons. The van der Waals surface area contributed by atoms with Gasteiger partial charge in [-0.2, -0.15) is 0 Å². The number of aliphatic carboxylic acids is 1. The van der Waals surface area contributed by atoms with Gasteiger partial charge in [0.25, 0.3) is 0 Å². The van der Waals surface area contributed by atoms with Crippen LogP contribution in [0.3, 0.4) is 0 Å². The molecule has 6 nitrogen and oxygen atoms in total. The molecule has 0 spiro atoms. The molecule has 2 rings (SSSR count). The lowest BCUT2D eigenvalue weighted by molar-refractivity contribution is -0.149. The number of carbonyl (C=O) groups is 2. The minimum Gasteiger partial charge on any atom is -0.481 e. The van der Waals surface area contributed by atoms with Crippen LogP contribution in [0.4, 0.5) is 0 Å². The summed E-state index contributed by atoms with van der Waals surface area (Å²) >= 11 is 0. The number of rotatable bonds is 5. The molecule has 2 heterocycles. The Labute approximate surface area is 119 Å². The van der Waals surface area contributed by atoms with Gasteiger partial charge in [0, 0.05) is 13.1 Å². The molecule has 0 aliphatic carbocycles. The first-order valence-corrected chi connectivity index (χ1v) is 7.41. The predicted octanol–water partition coefficient (Wildman–Crippen LogP) is 0.468. The first-order chi connectivity index (χ1) is 9.57. The van der Waals surface area contributed by atoms with Crippen molar-refractivity contribution in [3.63, 3.8) is 0 Å². The van der Waals surface area contributed by atoms with Gasteiger partial charge in [0.2, 0.25) is 5.91 Å². The number of carbonyl (C=O) groups excluding carboxylic acids is 1. The molecule has 1 amide bonds. The molecule has 0 bridgehead atoms. The minimum atomic E-state index is -0.797. The molecular weight excluding hydrogens is 260 g/mol. The van der Waals surface area contributed by atoms with Gasteiger partial charge in [0.1, 0.15) is 6.61 Å². The monoisotopic (exact) mass is 284 g/mol. The van der Waals surface area contributed by atoms with Crippen molar-refractivity contribution in [3.8, 4) is 0 Å². The smallest absolute Gasteiger partial charge is 0.311 e. The summed E-state index contributed by atoms with van der Waals surface area (Å²) in [6.45, 7) is 4.64. The van der Waals surface area contributed by atoms with Crippen LogP contribution < -0.4 is 5.32 Å². The lowest BCUT2D eigenvalue weighted by Crippen LogP contribution is -2.39. The molecule has 0 aromatic carbocycles. The second-order valence-electron chi connectivity index (χ2n) is 5.76. The third-order valence-electron chi connectivity index (χ3n) is 4.57. The number of amides is 1. The molecule has 1 atom stereocenters. The van der Waals surface area contributed by atoms with E-state index in [0.29, 0.717) is 25.9 Å². The molecule has 1 unspecified atom stereocenters. The number of hydrogen-bond donors (Lipinski definition) is 2. The van der Waals surface area contributed by atoms with Crippen LogP contribution in [0.25, 0.3) is 0 Å². The molecule has 20 heavy (non-hydrogen) atoms. The largest absolute Gasteiger partial charge is 0.481 e. The molecule has 2 saturated heterocycles. The highest BCUT2D eigenvalue weighted by Gasteiger charge is 2.44. The summed E-state index contributed by atoms with van der Waals surface area (Å²) in [5.74, 6) is -0.880. The third-order valence-corrected chi connectivity index (χ3v) is 4.57. The van der Waals surface area contributed by atoms with Gasteiger partial charge in [0.05, 0.1) is 11.5 Å². The number of carboxylic acid groups (broad SMARTS) is 1. The molecule has 2 N–H and O–H groups in total. The number of nitrogens with zero attached hydrogens (tertiary/aromatic N) is 1. The molecular formula is C14H24N2O4. The lowest BCUT2D eigenvalue weighted by Gasteiger charge is -2.25. The van der Waals surface area contributed by atoms with Gasteiger partial charge >= 0.3 is 5.97 Å². The van der Waals surface area contributed by atoms with Crippen molar-refractivity contribution < 1.29 is 19.4 Å². The van der Waals surface area contributed by atoms with Crippen LogP contribution in [0.5, 0.6) is 0 Å². The van der Waals surface area contributed by atoms with Crippen molar-refractivity contribution in [1.82, 2.24) is 10.2 Å². The Kier molecular flexibility index (Phi) is 4.99. The maximum absolute atomic E-state index is 12.1. The third kappa shape index (κ3) is 3.30. The molecule has 0 saturated carbocycles. The second-order valence-corrected chi connectivity index (χ2v) is 5.76. The highest BCUT2D eigenvalue weighted by molar-refractivity contribution is 5.81. The predicted molar refractivity (Wildman–Crippen MR) is 73.4 cm³/mol. The van der Waals surface area contributed by atoms with Crippen LogP contribution in [0.2, 0.25) is 0 Å². The normalized spacial score (nSPS) is 27.8. The van der Waals surface area contributed by atoms with Crippen LogP contribution >= 0.6 is 0 Å². The van der Waals surface area contributed by atoms with E-state index < -0.39 is 11.4 Å². The second kappa shape index (κ2) is 6.54. The van der Waals surface area contributed by atoms with Gasteiger partial charge in [-0.25, -0.2) is 0 Å². The first kappa shape index (κ1) is 15.3. The Hall–Kier alpha value is -1.14. The fourth-order valence-corrected chi connectivity index (χ4v) is 2.94. The Bertz CT molecular complexity index is 368. The van der Waals surface area contributed by atoms with E-state index in [4.69, 9.17) is 4.74 Å². The van der Waals surface area contributed by atoms with E-state index in [0.717, 1.165) is 25.9 Å². The number of carboxylic acids is 1. The Balaban J connectivity index is 1.80. The summed E-state index contributed by atoms with van der Waals surface area (Å²) in [5.41, 5.74) is -0.760. The van der Waals surface area contributed by atoms with E-state index >= 15 is 0 Å². The molecule has 2 aliphatic rings. The topological polar surface area (TPSA) is 78.9 Å². The quantitative estimate of drug-likeness (QED) is 0.767. The zero-order chi connectivity index (χ0) is 14.6. The van der Waals surface area contributed by atoms with Gasteiger partial charge in [-0.15, -0.1) is 0 Å². The molecule has 2 fully saturated rings. The van der Waals surface area contributed by atoms with E-state index in [-0.39, 0.29) is 18.6 Å².